The number of pyridine rings is 1. The molecule has 1 aromatic heterocycles. The molecule has 0 saturated heterocycles. The fourth-order valence-electron chi connectivity index (χ4n) is 2.54. The molecule has 1 aromatic carbocycles. The summed E-state index contributed by atoms with van der Waals surface area (Å²) in [5.74, 6) is 0.852. The second-order valence-corrected chi connectivity index (χ2v) is 4.63. The van der Waals surface area contributed by atoms with Gasteiger partial charge in [-0.15, -0.1) is 0 Å². The Morgan fingerprint density at radius 1 is 1.42 bits per heavy atom. The number of nitrogens with one attached hydrogen (secondary N) is 1. The lowest BCUT2D eigenvalue weighted by atomic mass is 10.0. The fraction of sp³-hybridized carbons (Fsp3) is 0.400. The molecule has 3 rings (SSSR count). The van der Waals surface area contributed by atoms with Crippen LogP contribution in [0.2, 0.25) is 0 Å². The molecule has 0 saturated carbocycles. The van der Waals surface area contributed by atoms with Crippen LogP contribution in [0.15, 0.2) is 18.2 Å². The van der Waals surface area contributed by atoms with Gasteiger partial charge in [0, 0.05) is 23.9 Å². The average Bonchev–Trinajstić information content (AvgIpc) is 2.47. The molecule has 0 unspecified atom stereocenters. The summed E-state index contributed by atoms with van der Waals surface area (Å²) >= 11 is 0. The van der Waals surface area contributed by atoms with Crippen molar-refractivity contribution in [1.82, 2.24) is 4.98 Å². The Hall–Kier alpha value is -1.81. The van der Waals surface area contributed by atoms with E-state index >= 15 is 0 Å². The molecule has 0 amide bonds. The molecule has 2 aromatic rings. The Kier molecular flexibility index (Phi) is 3.25. The number of fused-ring (bicyclic) bond motifs is 2. The van der Waals surface area contributed by atoms with Crippen molar-refractivity contribution in [3.63, 3.8) is 0 Å². The summed E-state index contributed by atoms with van der Waals surface area (Å²) in [5, 5.41) is 4.56. The Morgan fingerprint density at radius 3 is 3.11 bits per heavy atom. The van der Waals surface area contributed by atoms with E-state index in [0.29, 0.717) is 6.61 Å². The Balaban J connectivity index is 2.26. The van der Waals surface area contributed by atoms with Crippen molar-refractivity contribution in [1.29, 1.82) is 0 Å². The normalized spacial score (nSPS) is 14.2. The first-order chi connectivity index (χ1) is 9.33. The summed E-state index contributed by atoms with van der Waals surface area (Å²) in [6.45, 7) is 4.37. The highest BCUT2D eigenvalue weighted by Crippen LogP contribution is 2.33. The molecular formula is C15H18N2O2. The zero-order valence-electron chi connectivity index (χ0n) is 11.3. The summed E-state index contributed by atoms with van der Waals surface area (Å²) in [5.41, 5.74) is 4.49. The maximum atomic E-state index is 5.58. The van der Waals surface area contributed by atoms with E-state index < -0.39 is 0 Å². The molecule has 0 bridgehead atoms. The lowest BCUT2D eigenvalue weighted by Gasteiger charge is -2.21. The molecular weight excluding hydrogens is 240 g/mol. The van der Waals surface area contributed by atoms with Crippen molar-refractivity contribution >= 4 is 16.6 Å². The van der Waals surface area contributed by atoms with Crippen molar-refractivity contribution in [2.75, 3.05) is 25.6 Å². The summed E-state index contributed by atoms with van der Waals surface area (Å²) in [7, 11) is 1.68. The van der Waals surface area contributed by atoms with Gasteiger partial charge in [-0.2, -0.15) is 0 Å². The zero-order chi connectivity index (χ0) is 13.2. The van der Waals surface area contributed by atoms with Crippen LogP contribution >= 0.6 is 0 Å². The first-order valence-corrected chi connectivity index (χ1v) is 6.64. The number of aromatic nitrogens is 1. The predicted octanol–water partition coefficient (Wildman–Crippen LogP) is 2.75. The molecule has 19 heavy (non-hydrogen) atoms. The van der Waals surface area contributed by atoms with E-state index in [0.717, 1.165) is 47.6 Å². The number of hydrogen-bond donors (Lipinski definition) is 1. The lowest BCUT2D eigenvalue weighted by molar-refractivity contribution is 0.110. The topological polar surface area (TPSA) is 43.4 Å². The number of rotatable bonds is 3. The van der Waals surface area contributed by atoms with E-state index in [4.69, 9.17) is 14.5 Å². The highest BCUT2D eigenvalue weighted by molar-refractivity contribution is 5.94. The van der Waals surface area contributed by atoms with Gasteiger partial charge in [0.25, 0.3) is 0 Å². The molecule has 0 fully saturated rings. The Bertz CT molecular complexity index is 611. The fourth-order valence-corrected chi connectivity index (χ4v) is 2.54. The standard InChI is InChI=1S/C15H18N2O2/c1-3-16-15-11-8-10(18-2)4-5-13(11)17-14-6-7-19-9-12(14)15/h4-5,8H,3,6-7,9H2,1-2H3,(H,16,17). The average molecular weight is 258 g/mol. The van der Waals surface area contributed by atoms with Crippen LogP contribution in [0.1, 0.15) is 18.2 Å². The SMILES string of the molecule is CCNc1c2c(nc3ccc(OC)cc13)CCOC2. The smallest absolute Gasteiger partial charge is 0.119 e. The van der Waals surface area contributed by atoms with Crippen LogP contribution in [0.4, 0.5) is 5.69 Å². The van der Waals surface area contributed by atoms with Gasteiger partial charge in [-0.3, -0.25) is 4.98 Å². The molecule has 1 aliphatic rings. The molecule has 100 valence electrons. The van der Waals surface area contributed by atoms with Crippen molar-refractivity contribution in [3.8, 4) is 5.75 Å². The summed E-state index contributed by atoms with van der Waals surface area (Å²) in [6.07, 6.45) is 0.885. The van der Waals surface area contributed by atoms with E-state index in [-0.39, 0.29) is 0 Å². The summed E-state index contributed by atoms with van der Waals surface area (Å²) in [6, 6.07) is 6.01. The predicted molar refractivity (Wildman–Crippen MR) is 75.8 cm³/mol. The molecule has 1 aliphatic heterocycles. The van der Waals surface area contributed by atoms with Crippen molar-refractivity contribution in [2.45, 2.75) is 20.0 Å². The Labute approximate surface area is 112 Å². The van der Waals surface area contributed by atoms with Crippen LogP contribution in [0.25, 0.3) is 10.9 Å². The molecule has 0 radical (unpaired) electrons. The lowest BCUT2D eigenvalue weighted by Crippen LogP contribution is -2.15. The van der Waals surface area contributed by atoms with Crippen molar-refractivity contribution in [3.05, 3.63) is 29.5 Å². The van der Waals surface area contributed by atoms with Gasteiger partial charge in [0.2, 0.25) is 0 Å². The van der Waals surface area contributed by atoms with E-state index in [1.54, 1.807) is 7.11 Å². The number of anilines is 1. The van der Waals surface area contributed by atoms with E-state index in [2.05, 4.69) is 12.2 Å². The molecule has 1 N–H and O–H groups in total. The van der Waals surface area contributed by atoms with Crippen LogP contribution in [-0.4, -0.2) is 25.2 Å². The van der Waals surface area contributed by atoms with Crippen LogP contribution in [0.3, 0.4) is 0 Å². The van der Waals surface area contributed by atoms with Crippen LogP contribution < -0.4 is 10.1 Å². The molecule has 0 spiro atoms. The number of methoxy groups -OCH3 is 1. The van der Waals surface area contributed by atoms with Gasteiger partial charge in [-0.1, -0.05) is 0 Å². The Morgan fingerprint density at radius 2 is 2.32 bits per heavy atom. The number of hydrogen-bond acceptors (Lipinski definition) is 4. The quantitative estimate of drug-likeness (QED) is 0.919. The van der Waals surface area contributed by atoms with Gasteiger partial charge in [-0.05, 0) is 25.1 Å². The van der Waals surface area contributed by atoms with Crippen LogP contribution in [-0.2, 0) is 17.8 Å². The van der Waals surface area contributed by atoms with Crippen molar-refractivity contribution < 1.29 is 9.47 Å². The largest absolute Gasteiger partial charge is 0.497 e. The van der Waals surface area contributed by atoms with Gasteiger partial charge in [-0.25, -0.2) is 0 Å². The summed E-state index contributed by atoms with van der Waals surface area (Å²) < 4.78 is 10.9. The number of benzene rings is 1. The number of nitrogens with zero attached hydrogens (tertiary/aromatic N) is 1. The minimum Gasteiger partial charge on any atom is -0.497 e. The van der Waals surface area contributed by atoms with Gasteiger partial charge in [0.15, 0.2) is 0 Å². The third-order valence-corrected chi connectivity index (χ3v) is 3.46. The second kappa shape index (κ2) is 5.05. The first kappa shape index (κ1) is 12.2. The van der Waals surface area contributed by atoms with Gasteiger partial charge in [0.1, 0.15) is 5.75 Å². The molecule has 0 atom stereocenters. The number of ether oxygens (including phenoxy) is 2. The third kappa shape index (κ3) is 2.12. The van der Waals surface area contributed by atoms with E-state index in [1.807, 2.05) is 18.2 Å². The minimum absolute atomic E-state index is 0.637. The zero-order valence-corrected chi connectivity index (χ0v) is 11.3. The van der Waals surface area contributed by atoms with Crippen molar-refractivity contribution in [2.24, 2.45) is 0 Å². The van der Waals surface area contributed by atoms with Crippen LogP contribution in [0.5, 0.6) is 5.75 Å². The highest BCUT2D eigenvalue weighted by atomic mass is 16.5. The monoisotopic (exact) mass is 258 g/mol. The maximum absolute atomic E-state index is 5.58. The molecule has 4 heteroatoms. The van der Waals surface area contributed by atoms with Gasteiger partial charge >= 0.3 is 0 Å². The van der Waals surface area contributed by atoms with E-state index in [9.17, 15) is 0 Å². The first-order valence-electron chi connectivity index (χ1n) is 6.64. The van der Waals surface area contributed by atoms with E-state index in [1.165, 1.54) is 5.56 Å². The maximum Gasteiger partial charge on any atom is 0.119 e. The minimum atomic E-state index is 0.637. The molecule has 4 nitrogen and oxygen atoms in total. The second-order valence-electron chi connectivity index (χ2n) is 4.63. The van der Waals surface area contributed by atoms with Crippen LogP contribution in [0, 0.1) is 0 Å². The highest BCUT2D eigenvalue weighted by Gasteiger charge is 2.18. The van der Waals surface area contributed by atoms with Gasteiger partial charge < -0.3 is 14.8 Å². The third-order valence-electron chi connectivity index (χ3n) is 3.46. The molecule has 0 aliphatic carbocycles. The van der Waals surface area contributed by atoms with Gasteiger partial charge in [0.05, 0.1) is 37.2 Å². The molecule has 2 heterocycles. The summed E-state index contributed by atoms with van der Waals surface area (Å²) in [4.78, 5) is 4.76.